The third-order valence-corrected chi connectivity index (χ3v) is 7.81. The van der Waals surface area contributed by atoms with E-state index in [0.29, 0.717) is 54.1 Å². The summed E-state index contributed by atoms with van der Waals surface area (Å²) in [5.41, 5.74) is 1.39. The molecule has 1 saturated heterocycles. The Kier molecular flexibility index (Phi) is 8.51. The van der Waals surface area contributed by atoms with Crippen LogP contribution in [0.15, 0.2) is 66.2 Å². The van der Waals surface area contributed by atoms with Gasteiger partial charge in [0.15, 0.2) is 0 Å². The van der Waals surface area contributed by atoms with Crippen LogP contribution in [-0.2, 0) is 18.8 Å². The van der Waals surface area contributed by atoms with E-state index < -0.39 is 29.4 Å². The summed E-state index contributed by atoms with van der Waals surface area (Å²) in [5.74, 6) is -1.14. The van der Waals surface area contributed by atoms with Crippen LogP contribution in [0.5, 0.6) is 0 Å². The predicted molar refractivity (Wildman–Crippen MR) is 150 cm³/mol. The molecular formula is C33H28F7NO2. The van der Waals surface area contributed by atoms with Crippen LogP contribution in [0, 0.1) is 0 Å². The number of carboxylic acids is 1. The van der Waals surface area contributed by atoms with Crippen LogP contribution >= 0.6 is 0 Å². The molecule has 1 fully saturated rings. The maximum atomic E-state index is 14.3. The molecule has 1 aliphatic carbocycles. The van der Waals surface area contributed by atoms with Crippen molar-refractivity contribution < 1.29 is 40.6 Å². The lowest BCUT2D eigenvalue weighted by Gasteiger charge is -2.33. The Morgan fingerprint density at radius 1 is 0.860 bits per heavy atom. The van der Waals surface area contributed by atoms with Gasteiger partial charge in [0.2, 0.25) is 0 Å². The van der Waals surface area contributed by atoms with Crippen LogP contribution in [0.2, 0.25) is 0 Å². The number of allylic oxidation sites excluding steroid dienone is 1. The minimum atomic E-state index is -5.05. The molecule has 0 radical (unpaired) electrons. The number of carboxylic acid groups (broad SMARTS) is 1. The average molecular weight is 604 g/mol. The van der Waals surface area contributed by atoms with E-state index >= 15 is 0 Å². The van der Waals surface area contributed by atoms with Gasteiger partial charge in [-0.3, -0.25) is 9.29 Å². The highest BCUT2D eigenvalue weighted by Crippen LogP contribution is 2.45. The Balaban J connectivity index is 1.64. The molecular weight excluding hydrogens is 575 g/mol. The molecule has 0 unspecified atom stereocenters. The minimum absolute atomic E-state index is 0.0371. The zero-order valence-corrected chi connectivity index (χ0v) is 23.0. The number of nitrogens with zero attached hydrogens (tertiary/aromatic N) is 1. The number of halogens is 7. The lowest BCUT2D eigenvalue weighted by molar-refractivity contribution is -0.143. The normalized spacial score (nSPS) is 16.0. The van der Waals surface area contributed by atoms with Gasteiger partial charge in [0.25, 0.3) is 0 Å². The summed E-state index contributed by atoms with van der Waals surface area (Å²) in [7, 11) is 0. The van der Waals surface area contributed by atoms with Gasteiger partial charge >= 0.3 is 18.3 Å². The highest BCUT2D eigenvalue weighted by Gasteiger charge is 2.39. The summed E-state index contributed by atoms with van der Waals surface area (Å²) < 4.78 is 95.5. The third kappa shape index (κ3) is 6.69. The average Bonchev–Trinajstić information content (AvgIpc) is 3.12. The second kappa shape index (κ2) is 12.0. The number of hydrogen-bond acceptors (Lipinski definition) is 2. The van der Waals surface area contributed by atoms with Gasteiger partial charge in [-0.2, -0.15) is 26.3 Å². The topological polar surface area (TPSA) is 40.5 Å². The first kappa shape index (κ1) is 30.5. The van der Waals surface area contributed by atoms with E-state index in [4.69, 9.17) is 0 Å². The van der Waals surface area contributed by atoms with Crippen molar-refractivity contribution in [2.75, 3.05) is 26.3 Å². The van der Waals surface area contributed by atoms with Crippen LogP contribution in [0.25, 0.3) is 17.2 Å². The quantitative estimate of drug-likeness (QED) is 0.275. The van der Waals surface area contributed by atoms with Crippen LogP contribution in [-0.4, -0.2) is 42.3 Å². The van der Waals surface area contributed by atoms with Crippen molar-refractivity contribution in [1.82, 2.24) is 4.90 Å². The first-order valence-corrected chi connectivity index (χ1v) is 13.8. The fraction of sp³-hybridized carbons (Fsp3) is 0.303. The van der Waals surface area contributed by atoms with E-state index in [2.05, 4.69) is 4.90 Å². The van der Waals surface area contributed by atoms with E-state index in [9.17, 15) is 40.6 Å². The van der Waals surface area contributed by atoms with Crippen molar-refractivity contribution in [2.45, 2.75) is 38.0 Å². The van der Waals surface area contributed by atoms with Crippen molar-refractivity contribution in [2.24, 2.45) is 0 Å². The number of fused-ring (bicyclic) bond motifs is 1. The number of rotatable bonds is 7. The lowest BCUT2D eigenvalue weighted by Crippen LogP contribution is -2.40. The fourth-order valence-electron chi connectivity index (χ4n) is 5.78. The summed E-state index contributed by atoms with van der Waals surface area (Å²) in [5, 5.41) is 9.52. The molecule has 0 spiro atoms. The zero-order valence-electron chi connectivity index (χ0n) is 23.0. The molecule has 0 atom stereocenters. The Bertz CT molecular complexity index is 1580. The van der Waals surface area contributed by atoms with Gasteiger partial charge < -0.3 is 5.11 Å². The number of benzene rings is 3. The Morgan fingerprint density at radius 2 is 1.56 bits per heavy atom. The van der Waals surface area contributed by atoms with Crippen molar-refractivity contribution >= 4 is 23.2 Å². The fourth-order valence-corrected chi connectivity index (χ4v) is 5.78. The molecule has 2 aliphatic rings. The number of likely N-dealkylation sites (tertiary alicyclic amines) is 1. The Morgan fingerprint density at radius 3 is 2.19 bits per heavy atom. The standard InChI is InChI=1S/C33H28F7NO2/c34-13-2-14-41-18-21(19-41)15-20-5-7-22(8-6-20)30-26-11-9-24(31(42)43)16-23(26)3-1-4-28(30)27-12-10-25(32(35,36)37)17-29(27)33(38,39)40/h5-12,15-17H,1-4,13-14,18-19H2,(H,42,43). The molecule has 1 aliphatic heterocycles. The zero-order chi connectivity index (χ0) is 30.9. The van der Waals surface area contributed by atoms with E-state index in [-0.39, 0.29) is 35.9 Å². The monoisotopic (exact) mass is 603 g/mol. The number of alkyl halides is 7. The van der Waals surface area contributed by atoms with Gasteiger partial charge in [-0.1, -0.05) is 42.5 Å². The largest absolute Gasteiger partial charge is 0.478 e. The molecule has 0 amide bonds. The molecule has 3 nitrogen and oxygen atoms in total. The van der Waals surface area contributed by atoms with Crippen molar-refractivity contribution in [3.8, 4) is 0 Å². The highest BCUT2D eigenvalue weighted by atomic mass is 19.4. The smallest absolute Gasteiger partial charge is 0.417 e. The highest BCUT2D eigenvalue weighted by molar-refractivity contribution is 6.01. The summed E-state index contributed by atoms with van der Waals surface area (Å²) in [6.45, 7) is 1.76. The van der Waals surface area contributed by atoms with Gasteiger partial charge in [-0.05, 0) is 94.5 Å². The number of hydrogen-bond donors (Lipinski definition) is 1. The van der Waals surface area contributed by atoms with Crippen molar-refractivity contribution in [3.05, 3.63) is 111 Å². The molecule has 0 saturated carbocycles. The molecule has 3 aromatic rings. The Hall–Kier alpha value is -3.92. The van der Waals surface area contributed by atoms with E-state index in [1.165, 1.54) is 12.1 Å². The Labute approximate surface area is 244 Å². The van der Waals surface area contributed by atoms with Crippen LogP contribution < -0.4 is 0 Å². The van der Waals surface area contributed by atoms with Gasteiger partial charge in [0.1, 0.15) is 0 Å². The van der Waals surface area contributed by atoms with E-state index in [1.807, 2.05) is 18.2 Å². The number of carbonyl (C=O) groups is 1. The van der Waals surface area contributed by atoms with Crippen LogP contribution in [0.4, 0.5) is 30.7 Å². The van der Waals surface area contributed by atoms with Crippen molar-refractivity contribution in [1.29, 1.82) is 0 Å². The maximum absolute atomic E-state index is 14.3. The molecule has 226 valence electrons. The van der Waals surface area contributed by atoms with E-state index in [1.54, 1.807) is 18.2 Å². The number of aryl methyl sites for hydroxylation is 1. The lowest BCUT2D eigenvalue weighted by atomic mass is 9.85. The number of aromatic carboxylic acids is 1. The van der Waals surface area contributed by atoms with E-state index in [0.717, 1.165) is 30.3 Å². The molecule has 0 aromatic heterocycles. The minimum Gasteiger partial charge on any atom is -0.478 e. The second-order valence-corrected chi connectivity index (χ2v) is 10.8. The first-order valence-electron chi connectivity index (χ1n) is 13.8. The third-order valence-electron chi connectivity index (χ3n) is 7.81. The van der Waals surface area contributed by atoms with Crippen LogP contribution in [0.1, 0.15) is 68.6 Å². The molecule has 3 aromatic carbocycles. The van der Waals surface area contributed by atoms with Gasteiger partial charge in [-0.15, -0.1) is 0 Å². The molecule has 1 N–H and O–H groups in total. The summed E-state index contributed by atoms with van der Waals surface area (Å²) in [4.78, 5) is 13.8. The van der Waals surface area contributed by atoms with Gasteiger partial charge in [0.05, 0.1) is 23.4 Å². The maximum Gasteiger partial charge on any atom is 0.417 e. The molecule has 5 rings (SSSR count). The van der Waals surface area contributed by atoms with Crippen molar-refractivity contribution in [3.63, 3.8) is 0 Å². The molecule has 0 bridgehead atoms. The predicted octanol–water partition coefficient (Wildman–Crippen LogP) is 8.78. The van der Waals surface area contributed by atoms with Gasteiger partial charge in [0, 0.05) is 19.6 Å². The molecule has 1 heterocycles. The SMILES string of the molecule is O=C(O)c1ccc2c(c1)CCCC(c1ccc(C(F)(F)F)cc1C(F)(F)F)=C2c1ccc(C=C2CN(CCCF)C2)cc1. The molecule has 43 heavy (non-hydrogen) atoms. The molecule has 10 heteroatoms. The summed E-state index contributed by atoms with van der Waals surface area (Å²) in [6, 6.07) is 13.3. The van der Waals surface area contributed by atoms with Gasteiger partial charge in [-0.25, -0.2) is 4.79 Å². The summed E-state index contributed by atoms with van der Waals surface area (Å²) in [6.07, 6.45) is -6.62. The summed E-state index contributed by atoms with van der Waals surface area (Å²) >= 11 is 0. The van der Waals surface area contributed by atoms with Crippen LogP contribution in [0.3, 0.4) is 0 Å². The first-order chi connectivity index (χ1) is 20.3. The second-order valence-electron chi connectivity index (χ2n) is 10.8.